The molecule has 0 aliphatic heterocycles. The van der Waals surface area contributed by atoms with Crippen molar-refractivity contribution in [2.24, 2.45) is 0 Å². The van der Waals surface area contributed by atoms with Crippen molar-refractivity contribution < 1.29 is 19.1 Å². The van der Waals surface area contributed by atoms with Gasteiger partial charge in [-0.15, -0.1) is 0 Å². The van der Waals surface area contributed by atoms with Gasteiger partial charge in [0.05, 0.1) is 12.7 Å². The van der Waals surface area contributed by atoms with Crippen LogP contribution in [0.5, 0.6) is 11.5 Å². The van der Waals surface area contributed by atoms with Crippen molar-refractivity contribution in [3.8, 4) is 22.6 Å². The standard InChI is InChI=1S/C29H22O4/c1-32-26-17-15-25(16-18-26)29(31)33-27-9-5-6-21(20-27)10-19-28(30)24-13-11-23(12-14-24)22-7-3-2-4-8-22/h2-20H,1H3. The lowest BCUT2D eigenvalue weighted by atomic mass is 10.0. The molecule has 4 aromatic rings. The molecule has 0 atom stereocenters. The summed E-state index contributed by atoms with van der Waals surface area (Å²) < 4.78 is 10.6. The smallest absolute Gasteiger partial charge is 0.343 e. The number of hydrogen-bond donors (Lipinski definition) is 0. The van der Waals surface area contributed by atoms with E-state index in [0.717, 1.165) is 16.7 Å². The van der Waals surface area contributed by atoms with E-state index >= 15 is 0 Å². The van der Waals surface area contributed by atoms with Gasteiger partial charge in [0.1, 0.15) is 11.5 Å². The number of ketones is 1. The van der Waals surface area contributed by atoms with Gasteiger partial charge >= 0.3 is 5.97 Å². The number of benzene rings is 4. The minimum absolute atomic E-state index is 0.102. The number of methoxy groups -OCH3 is 1. The van der Waals surface area contributed by atoms with Crippen molar-refractivity contribution in [2.45, 2.75) is 0 Å². The highest BCUT2D eigenvalue weighted by Gasteiger charge is 2.09. The number of carbonyl (C=O) groups excluding carboxylic acids is 2. The van der Waals surface area contributed by atoms with Crippen LogP contribution in [0.3, 0.4) is 0 Å². The molecule has 4 nitrogen and oxygen atoms in total. The molecule has 0 saturated heterocycles. The second-order valence-corrected chi connectivity index (χ2v) is 7.33. The van der Waals surface area contributed by atoms with Crippen LogP contribution in [0.4, 0.5) is 0 Å². The van der Waals surface area contributed by atoms with E-state index in [1.54, 1.807) is 55.7 Å². The summed E-state index contributed by atoms with van der Waals surface area (Å²) >= 11 is 0. The van der Waals surface area contributed by atoms with E-state index < -0.39 is 5.97 Å². The van der Waals surface area contributed by atoms with Crippen LogP contribution < -0.4 is 9.47 Å². The highest BCUT2D eigenvalue weighted by atomic mass is 16.5. The monoisotopic (exact) mass is 434 g/mol. The Bertz CT molecular complexity index is 1270. The fourth-order valence-electron chi connectivity index (χ4n) is 3.30. The second kappa shape index (κ2) is 10.2. The molecule has 0 heterocycles. The molecule has 4 aromatic carbocycles. The van der Waals surface area contributed by atoms with Crippen LogP contribution in [0.25, 0.3) is 17.2 Å². The minimum Gasteiger partial charge on any atom is -0.497 e. The Morgan fingerprint density at radius 3 is 2.03 bits per heavy atom. The lowest BCUT2D eigenvalue weighted by Gasteiger charge is -2.06. The summed E-state index contributed by atoms with van der Waals surface area (Å²) in [5.41, 5.74) is 3.94. The highest BCUT2D eigenvalue weighted by Crippen LogP contribution is 2.21. The van der Waals surface area contributed by atoms with Crippen molar-refractivity contribution in [1.29, 1.82) is 0 Å². The number of ether oxygens (including phenoxy) is 2. The maximum absolute atomic E-state index is 12.6. The Labute approximate surface area is 192 Å². The Morgan fingerprint density at radius 2 is 1.33 bits per heavy atom. The normalized spacial score (nSPS) is 10.7. The first kappa shape index (κ1) is 21.8. The highest BCUT2D eigenvalue weighted by molar-refractivity contribution is 6.07. The number of carbonyl (C=O) groups is 2. The molecule has 0 radical (unpaired) electrons. The minimum atomic E-state index is -0.464. The van der Waals surface area contributed by atoms with Crippen LogP contribution in [0, 0.1) is 0 Å². The fourth-order valence-corrected chi connectivity index (χ4v) is 3.30. The fraction of sp³-hybridized carbons (Fsp3) is 0.0345. The molecule has 0 aromatic heterocycles. The summed E-state index contributed by atoms with van der Waals surface area (Å²) in [6.07, 6.45) is 3.22. The first-order valence-corrected chi connectivity index (χ1v) is 10.5. The maximum Gasteiger partial charge on any atom is 0.343 e. The summed E-state index contributed by atoms with van der Waals surface area (Å²) in [5, 5.41) is 0. The molecule has 0 amide bonds. The third kappa shape index (κ3) is 5.63. The first-order chi connectivity index (χ1) is 16.1. The SMILES string of the molecule is COc1ccc(C(=O)Oc2cccc(C=CC(=O)c3ccc(-c4ccccc4)cc3)c2)cc1. The molecule has 0 saturated carbocycles. The van der Waals surface area contributed by atoms with Crippen molar-refractivity contribution in [2.75, 3.05) is 7.11 Å². The summed E-state index contributed by atoms with van der Waals surface area (Å²) in [4.78, 5) is 25.0. The van der Waals surface area contributed by atoms with Gasteiger partial charge in [0.25, 0.3) is 0 Å². The molecule has 0 fully saturated rings. The zero-order valence-electron chi connectivity index (χ0n) is 18.1. The predicted molar refractivity (Wildman–Crippen MR) is 130 cm³/mol. The Hall–Kier alpha value is -4.44. The summed E-state index contributed by atoms with van der Waals surface area (Å²) in [6.45, 7) is 0. The van der Waals surface area contributed by atoms with E-state index in [9.17, 15) is 9.59 Å². The molecular weight excluding hydrogens is 412 g/mol. The van der Waals surface area contributed by atoms with Crippen LogP contribution in [0.2, 0.25) is 0 Å². The Kier molecular flexibility index (Phi) is 6.76. The molecule has 0 unspecified atom stereocenters. The molecular formula is C29H22O4. The van der Waals surface area contributed by atoms with Crippen LogP contribution in [0.15, 0.2) is 109 Å². The van der Waals surface area contributed by atoms with E-state index in [4.69, 9.17) is 9.47 Å². The molecule has 0 bridgehead atoms. The number of hydrogen-bond acceptors (Lipinski definition) is 4. The van der Waals surface area contributed by atoms with Gasteiger partial charge in [-0.3, -0.25) is 4.79 Å². The summed E-state index contributed by atoms with van der Waals surface area (Å²) in [5.74, 6) is 0.499. The summed E-state index contributed by atoms with van der Waals surface area (Å²) in [6, 6.07) is 31.3. The quantitative estimate of drug-likeness (QED) is 0.145. The van der Waals surface area contributed by atoms with Crippen molar-refractivity contribution in [3.05, 3.63) is 126 Å². The van der Waals surface area contributed by atoms with E-state index in [0.29, 0.717) is 22.6 Å². The van der Waals surface area contributed by atoms with Gasteiger partial charge < -0.3 is 9.47 Å². The van der Waals surface area contributed by atoms with Crippen molar-refractivity contribution in [1.82, 2.24) is 0 Å². The average molecular weight is 434 g/mol. The van der Waals surface area contributed by atoms with Crippen LogP contribution in [-0.2, 0) is 0 Å². The second-order valence-electron chi connectivity index (χ2n) is 7.33. The van der Waals surface area contributed by atoms with Crippen LogP contribution >= 0.6 is 0 Å². The van der Waals surface area contributed by atoms with Crippen LogP contribution in [-0.4, -0.2) is 18.9 Å². The number of esters is 1. The molecule has 33 heavy (non-hydrogen) atoms. The van der Waals surface area contributed by atoms with E-state index in [2.05, 4.69) is 0 Å². The molecule has 4 rings (SSSR count). The largest absolute Gasteiger partial charge is 0.497 e. The third-order valence-electron chi connectivity index (χ3n) is 5.10. The molecule has 0 spiro atoms. The molecule has 4 heteroatoms. The summed E-state index contributed by atoms with van der Waals surface area (Å²) in [7, 11) is 1.57. The van der Waals surface area contributed by atoms with E-state index in [1.807, 2.05) is 60.7 Å². The van der Waals surface area contributed by atoms with Gasteiger partial charge in [-0.2, -0.15) is 0 Å². The zero-order valence-corrected chi connectivity index (χ0v) is 18.1. The molecule has 0 N–H and O–H groups in total. The average Bonchev–Trinajstić information content (AvgIpc) is 2.88. The third-order valence-corrected chi connectivity index (χ3v) is 5.10. The van der Waals surface area contributed by atoms with Gasteiger partial charge in [0.2, 0.25) is 0 Å². The van der Waals surface area contributed by atoms with E-state index in [-0.39, 0.29) is 5.78 Å². The van der Waals surface area contributed by atoms with Gasteiger partial charge in [-0.25, -0.2) is 4.79 Å². The van der Waals surface area contributed by atoms with Crippen molar-refractivity contribution in [3.63, 3.8) is 0 Å². The van der Waals surface area contributed by atoms with E-state index in [1.165, 1.54) is 6.08 Å². The first-order valence-electron chi connectivity index (χ1n) is 10.5. The lowest BCUT2D eigenvalue weighted by Crippen LogP contribution is -2.08. The Balaban J connectivity index is 1.41. The zero-order chi connectivity index (χ0) is 23.0. The van der Waals surface area contributed by atoms with Gasteiger partial charge in [-0.1, -0.05) is 72.8 Å². The van der Waals surface area contributed by atoms with Crippen molar-refractivity contribution >= 4 is 17.8 Å². The number of allylic oxidation sites excluding steroid dienone is 1. The maximum atomic E-state index is 12.6. The van der Waals surface area contributed by atoms with Gasteiger partial charge in [-0.05, 0) is 59.2 Å². The molecule has 0 aliphatic carbocycles. The molecule has 0 aliphatic rings. The topological polar surface area (TPSA) is 52.6 Å². The number of rotatable bonds is 7. The van der Waals surface area contributed by atoms with Gasteiger partial charge in [0, 0.05) is 5.56 Å². The van der Waals surface area contributed by atoms with Crippen LogP contribution in [0.1, 0.15) is 26.3 Å². The lowest BCUT2D eigenvalue weighted by molar-refractivity contribution is 0.0734. The van der Waals surface area contributed by atoms with Gasteiger partial charge in [0.15, 0.2) is 5.78 Å². The molecule has 162 valence electrons. The Morgan fingerprint density at radius 1 is 0.667 bits per heavy atom. The predicted octanol–water partition coefficient (Wildman–Crippen LogP) is 6.48.